The topological polar surface area (TPSA) is 0 Å². The van der Waals surface area contributed by atoms with Gasteiger partial charge in [-0.25, -0.2) is 0 Å². The lowest BCUT2D eigenvalue weighted by molar-refractivity contribution is 1.82. The molecule has 0 amide bonds. The van der Waals surface area contributed by atoms with Crippen LogP contribution >= 0.6 is 0 Å². The third kappa shape index (κ3) is 1.65. The van der Waals surface area contributed by atoms with Crippen LogP contribution in [0.4, 0.5) is 0 Å². The maximum Gasteiger partial charge on any atom is 0.113 e. The average molecular weight is 248 g/mol. The van der Waals surface area contributed by atoms with Gasteiger partial charge in [-0.15, -0.1) is 0 Å². The fraction of sp³-hybridized carbons (Fsp3) is 0. The lowest BCUT2D eigenvalue weighted by Gasteiger charge is -2.09. The van der Waals surface area contributed by atoms with Crippen LogP contribution in [0.3, 0.4) is 0 Å². The van der Waals surface area contributed by atoms with E-state index in [1.165, 1.54) is 32.3 Å². The monoisotopic (exact) mass is 248 g/mol. The highest BCUT2D eigenvalue weighted by Crippen LogP contribution is 2.30. The summed E-state index contributed by atoms with van der Waals surface area (Å²) in [7, 11) is 11.7. The zero-order valence-electron chi connectivity index (χ0n) is 10.9. The summed E-state index contributed by atoms with van der Waals surface area (Å²) in [5.41, 5.74) is 1.59. The molecule has 0 unspecified atom stereocenters. The Hall–Kier alpha value is -2.21. The van der Waals surface area contributed by atoms with Crippen LogP contribution in [-0.4, -0.2) is 15.7 Å². The van der Waals surface area contributed by atoms with Crippen LogP contribution in [-0.2, 0) is 0 Å². The Morgan fingerprint density at radius 1 is 0.450 bits per heavy atom. The Morgan fingerprint density at radius 2 is 0.850 bits per heavy atom. The van der Waals surface area contributed by atoms with E-state index < -0.39 is 0 Å². The van der Waals surface area contributed by atoms with E-state index >= 15 is 0 Å². The van der Waals surface area contributed by atoms with Crippen LogP contribution in [0.5, 0.6) is 0 Å². The van der Waals surface area contributed by atoms with Gasteiger partial charge in [-0.05, 0) is 32.3 Å². The van der Waals surface area contributed by atoms with Crippen molar-refractivity contribution in [3.05, 3.63) is 60.7 Å². The minimum atomic E-state index is 0.797. The van der Waals surface area contributed by atoms with E-state index in [0.29, 0.717) is 0 Å². The van der Waals surface area contributed by atoms with Crippen molar-refractivity contribution in [2.24, 2.45) is 0 Å². The van der Waals surface area contributed by atoms with Crippen molar-refractivity contribution < 1.29 is 0 Å². The lowest BCUT2D eigenvalue weighted by Crippen LogP contribution is -2.00. The summed E-state index contributed by atoms with van der Waals surface area (Å²) >= 11 is 0. The lowest BCUT2D eigenvalue weighted by atomic mass is 9.89. The molecule has 0 N–H and O–H groups in total. The van der Waals surface area contributed by atoms with Gasteiger partial charge in [-0.3, -0.25) is 0 Å². The third-order valence-corrected chi connectivity index (χ3v) is 3.88. The molecule has 88 valence electrons. The van der Waals surface area contributed by atoms with Crippen LogP contribution in [0.1, 0.15) is 0 Å². The summed E-state index contributed by atoms with van der Waals surface area (Å²) in [6.07, 6.45) is 0. The summed E-state index contributed by atoms with van der Waals surface area (Å²) in [6.45, 7) is 0. The largest absolute Gasteiger partial charge is 0.113 e. The highest BCUT2D eigenvalue weighted by atomic mass is 14.1. The van der Waals surface area contributed by atoms with Gasteiger partial charge in [0, 0.05) is 0 Å². The van der Waals surface area contributed by atoms with E-state index in [-0.39, 0.29) is 0 Å². The van der Waals surface area contributed by atoms with Gasteiger partial charge < -0.3 is 0 Å². The summed E-state index contributed by atoms with van der Waals surface area (Å²) in [4.78, 5) is 0. The van der Waals surface area contributed by atoms with Crippen LogP contribution < -0.4 is 10.9 Å². The fourth-order valence-corrected chi connectivity index (χ4v) is 2.92. The maximum absolute atomic E-state index is 5.86. The van der Waals surface area contributed by atoms with Crippen LogP contribution in [0.25, 0.3) is 32.3 Å². The molecule has 2 heteroatoms. The number of fused-ring (bicyclic) bond motifs is 5. The van der Waals surface area contributed by atoms with Crippen molar-refractivity contribution in [1.82, 2.24) is 0 Å². The molecule has 20 heavy (non-hydrogen) atoms. The predicted octanol–water partition coefficient (Wildman–Crippen LogP) is 2.73. The molecule has 0 nitrogen and oxygen atoms in total. The summed E-state index contributed by atoms with van der Waals surface area (Å²) in [6, 6.07) is 20.7. The fourth-order valence-electron chi connectivity index (χ4n) is 2.92. The first-order valence-corrected chi connectivity index (χ1v) is 6.62. The number of benzene rings is 4. The van der Waals surface area contributed by atoms with Gasteiger partial charge in [0.2, 0.25) is 0 Å². The van der Waals surface area contributed by atoms with Gasteiger partial charge >= 0.3 is 0 Å². The predicted molar refractivity (Wildman–Crippen MR) is 89.7 cm³/mol. The Morgan fingerprint density at radius 3 is 1.30 bits per heavy atom. The average Bonchev–Trinajstić information content (AvgIpc) is 2.45. The first-order chi connectivity index (χ1) is 9.72. The Kier molecular flexibility index (Phi) is 2.40. The highest BCUT2D eigenvalue weighted by molar-refractivity contribution is 6.34. The summed E-state index contributed by atoms with van der Waals surface area (Å²) in [5, 5.41) is 7.31. The second-order valence-electron chi connectivity index (χ2n) is 5.19. The molecule has 0 aliphatic carbocycles. The third-order valence-electron chi connectivity index (χ3n) is 3.88. The van der Waals surface area contributed by atoms with E-state index in [4.69, 9.17) is 15.7 Å². The summed E-state index contributed by atoms with van der Waals surface area (Å²) in [5.74, 6) is 0. The smallest absolute Gasteiger partial charge is 0.0960 e. The van der Waals surface area contributed by atoms with Crippen molar-refractivity contribution in [2.45, 2.75) is 0 Å². The molecule has 0 saturated heterocycles. The number of hydrogen-bond donors (Lipinski definition) is 0. The minimum absolute atomic E-state index is 0.797. The van der Waals surface area contributed by atoms with Crippen molar-refractivity contribution in [1.29, 1.82) is 0 Å². The van der Waals surface area contributed by atoms with E-state index in [1.54, 1.807) is 0 Å². The molecule has 4 aromatic carbocycles. The molecule has 0 saturated carbocycles. The minimum Gasteiger partial charge on any atom is -0.0960 e. The molecule has 4 rings (SSSR count). The van der Waals surface area contributed by atoms with Crippen LogP contribution in [0, 0.1) is 0 Å². The molecule has 0 spiro atoms. The van der Waals surface area contributed by atoms with Gasteiger partial charge in [0.15, 0.2) is 0 Å². The Balaban J connectivity index is 2.21. The molecule has 0 aliphatic heterocycles. The number of hydrogen-bond acceptors (Lipinski definition) is 0. The molecule has 0 atom stereocenters. The van der Waals surface area contributed by atoms with Gasteiger partial charge in [-0.1, -0.05) is 71.6 Å². The van der Waals surface area contributed by atoms with Crippen molar-refractivity contribution in [3.8, 4) is 0 Å². The first-order valence-electron chi connectivity index (χ1n) is 6.62. The second-order valence-corrected chi connectivity index (χ2v) is 5.19. The number of rotatable bonds is 0. The molecule has 0 aliphatic rings. The highest BCUT2D eigenvalue weighted by Gasteiger charge is 2.04. The molecule has 4 radical (unpaired) electrons. The van der Waals surface area contributed by atoms with Crippen molar-refractivity contribution in [3.63, 3.8) is 0 Å². The summed E-state index contributed by atoms with van der Waals surface area (Å²) < 4.78 is 0. The van der Waals surface area contributed by atoms with Gasteiger partial charge in [0.25, 0.3) is 0 Å². The van der Waals surface area contributed by atoms with Crippen molar-refractivity contribution in [2.75, 3.05) is 0 Å². The van der Waals surface area contributed by atoms with Crippen LogP contribution in [0.2, 0.25) is 0 Å². The molecule has 4 aromatic rings. The molecule has 0 bridgehead atoms. The Labute approximate surface area is 120 Å². The van der Waals surface area contributed by atoms with E-state index in [0.717, 1.165) is 10.9 Å². The van der Waals surface area contributed by atoms with Gasteiger partial charge in [-0.2, -0.15) is 0 Å². The van der Waals surface area contributed by atoms with E-state index in [2.05, 4.69) is 36.4 Å². The standard InChI is InChI=1S/C18H10B2/c19-13-3-7-15-11(9-13)1-5-17-16-8-4-14(20)10-12(16)2-6-18(15)17/h1-10H. The molecule has 0 aromatic heterocycles. The zero-order valence-corrected chi connectivity index (χ0v) is 10.9. The molecule has 0 fully saturated rings. The molecule has 0 heterocycles. The van der Waals surface area contributed by atoms with Gasteiger partial charge in [0.1, 0.15) is 15.7 Å². The van der Waals surface area contributed by atoms with Crippen molar-refractivity contribution >= 4 is 58.9 Å². The van der Waals surface area contributed by atoms with E-state index in [1.807, 2.05) is 24.3 Å². The van der Waals surface area contributed by atoms with Gasteiger partial charge in [0.05, 0.1) is 0 Å². The van der Waals surface area contributed by atoms with Crippen LogP contribution in [0.15, 0.2) is 60.7 Å². The van der Waals surface area contributed by atoms with E-state index in [9.17, 15) is 0 Å². The molecular weight excluding hydrogens is 238 g/mol. The SMILES string of the molecule is [B]c1ccc2c(ccc3c4ccc([B])cc4ccc23)c1. The second kappa shape index (κ2) is 4.14. The quantitative estimate of drug-likeness (QED) is 0.331. The normalized spacial score (nSPS) is 11.4. The Bertz CT molecular complexity index is 890. The maximum atomic E-state index is 5.86. The first kappa shape index (κ1) is 11.6. The zero-order chi connectivity index (χ0) is 13.7. The molecular formula is C18H10B2.